The minimum absolute atomic E-state index is 0.0375. The van der Waals surface area contributed by atoms with Crippen LogP contribution in [0, 0.1) is 5.92 Å². The summed E-state index contributed by atoms with van der Waals surface area (Å²) in [6.07, 6.45) is 1.34. The highest BCUT2D eigenvalue weighted by Gasteiger charge is 2.40. The van der Waals surface area contributed by atoms with Crippen LogP contribution in [0.1, 0.15) is 19.8 Å². The lowest BCUT2D eigenvalue weighted by atomic mass is 10.1. The van der Waals surface area contributed by atoms with Gasteiger partial charge >= 0.3 is 0 Å². The average Bonchev–Trinajstić information content (AvgIpc) is 2.64. The molecule has 1 saturated carbocycles. The van der Waals surface area contributed by atoms with E-state index in [2.05, 4.69) is 0 Å². The highest BCUT2D eigenvalue weighted by molar-refractivity contribution is 7.92. The van der Waals surface area contributed by atoms with Crippen molar-refractivity contribution in [2.75, 3.05) is 0 Å². The standard InChI is InChI=1S/C12H15Cl2NO2S/c1-7-11(15)4-5-12(7)18(16,17)8-2-3-9(13)10(14)6-8/h2-3,6-7,11-12H,4-5,15H2,1H3. The maximum Gasteiger partial charge on any atom is 0.181 e. The molecule has 1 aliphatic rings. The van der Waals surface area contributed by atoms with Crippen LogP contribution in [0.15, 0.2) is 23.1 Å². The largest absolute Gasteiger partial charge is 0.327 e. The van der Waals surface area contributed by atoms with Gasteiger partial charge in [-0.3, -0.25) is 0 Å². The van der Waals surface area contributed by atoms with Crippen molar-refractivity contribution in [1.82, 2.24) is 0 Å². The molecule has 1 fully saturated rings. The molecule has 6 heteroatoms. The Morgan fingerprint density at radius 2 is 1.89 bits per heavy atom. The number of hydrogen-bond acceptors (Lipinski definition) is 3. The van der Waals surface area contributed by atoms with Gasteiger partial charge in [0.15, 0.2) is 9.84 Å². The zero-order chi connectivity index (χ0) is 13.5. The SMILES string of the molecule is CC1C(N)CCC1S(=O)(=O)c1ccc(Cl)c(Cl)c1. The van der Waals surface area contributed by atoms with E-state index in [1.165, 1.54) is 18.2 Å². The average molecular weight is 308 g/mol. The lowest BCUT2D eigenvalue weighted by molar-refractivity contribution is 0.507. The quantitative estimate of drug-likeness (QED) is 0.914. The fourth-order valence-corrected chi connectivity index (χ4v) is 4.89. The molecule has 1 aromatic carbocycles. The summed E-state index contributed by atoms with van der Waals surface area (Å²) in [6.45, 7) is 1.89. The van der Waals surface area contributed by atoms with Crippen LogP contribution in [0.2, 0.25) is 10.0 Å². The van der Waals surface area contributed by atoms with E-state index in [0.717, 1.165) is 6.42 Å². The first-order valence-corrected chi connectivity index (χ1v) is 8.09. The van der Waals surface area contributed by atoms with Crippen molar-refractivity contribution < 1.29 is 8.42 Å². The molecule has 0 aliphatic heterocycles. The first-order valence-electron chi connectivity index (χ1n) is 5.78. The smallest absolute Gasteiger partial charge is 0.181 e. The Labute approximate surface area is 117 Å². The first-order chi connectivity index (χ1) is 8.34. The predicted octanol–water partition coefficient (Wildman–Crippen LogP) is 2.89. The highest BCUT2D eigenvalue weighted by Crippen LogP contribution is 2.35. The van der Waals surface area contributed by atoms with Gasteiger partial charge in [0.2, 0.25) is 0 Å². The third kappa shape index (κ3) is 2.39. The number of hydrogen-bond donors (Lipinski definition) is 1. The minimum Gasteiger partial charge on any atom is -0.327 e. The van der Waals surface area contributed by atoms with E-state index in [1.54, 1.807) is 0 Å². The molecule has 3 nitrogen and oxygen atoms in total. The van der Waals surface area contributed by atoms with Gasteiger partial charge in [-0.15, -0.1) is 0 Å². The Kier molecular flexibility index (Phi) is 3.93. The lowest BCUT2D eigenvalue weighted by Gasteiger charge is -2.18. The van der Waals surface area contributed by atoms with E-state index in [1.807, 2.05) is 6.92 Å². The van der Waals surface area contributed by atoms with E-state index in [-0.39, 0.29) is 21.9 Å². The molecule has 2 rings (SSSR count). The molecule has 1 aliphatic carbocycles. The predicted molar refractivity (Wildman–Crippen MR) is 73.8 cm³/mol. The third-order valence-corrected chi connectivity index (χ3v) is 6.78. The van der Waals surface area contributed by atoms with E-state index >= 15 is 0 Å². The molecule has 0 amide bonds. The van der Waals surface area contributed by atoms with Crippen molar-refractivity contribution in [2.24, 2.45) is 11.7 Å². The van der Waals surface area contributed by atoms with Crippen molar-refractivity contribution in [2.45, 2.75) is 36.0 Å². The van der Waals surface area contributed by atoms with E-state index < -0.39 is 15.1 Å². The van der Waals surface area contributed by atoms with Gasteiger partial charge in [0.05, 0.1) is 20.2 Å². The van der Waals surface area contributed by atoms with E-state index in [9.17, 15) is 8.42 Å². The summed E-state index contributed by atoms with van der Waals surface area (Å²) < 4.78 is 25.0. The normalized spacial score (nSPS) is 28.6. The second-order valence-electron chi connectivity index (χ2n) is 4.76. The third-order valence-electron chi connectivity index (χ3n) is 3.66. The molecule has 0 saturated heterocycles. The molecule has 0 bridgehead atoms. The molecular formula is C12H15Cl2NO2S. The molecule has 100 valence electrons. The van der Waals surface area contributed by atoms with Crippen LogP contribution in [-0.2, 0) is 9.84 Å². The van der Waals surface area contributed by atoms with Crippen LogP contribution in [0.25, 0.3) is 0 Å². The van der Waals surface area contributed by atoms with E-state index in [4.69, 9.17) is 28.9 Å². The number of benzene rings is 1. The summed E-state index contributed by atoms with van der Waals surface area (Å²) >= 11 is 11.7. The highest BCUT2D eigenvalue weighted by atomic mass is 35.5. The van der Waals surface area contributed by atoms with Crippen LogP contribution < -0.4 is 5.73 Å². The van der Waals surface area contributed by atoms with Crippen molar-refractivity contribution in [3.63, 3.8) is 0 Å². The fraction of sp³-hybridized carbons (Fsp3) is 0.500. The van der Waals surface area contributed by atoms with Crippen LogP contribution in [0.4, 0.5) is 0 Å². The van der Waals surface area contributed by atoms with E-state index in [0.29, 0.717) is 11.4 Å². The molecule has 18 heavy (non-hydrogen) atoms. The van der Waals surface area contributed by atoms with Gasteiger partial charge < -0.3 is 5.73 Å². The number of nitrogens with two attached hydrogens (primary N) is 1. The molecule has 3 unspecified atom stereocenters. The summed E-state index contributed by atoms with van der Waals surface area (Å²) in [5.74, 6) is -0.0375. The minimum atomic E-state index is -3.38. The molecule has 2 N–H and O–H groups in total. The van der Waals surface area contributed by atoms with Crippen LogP contribution >= 0.6 is 23.2 Å². The first kappa shape index (κ1) is 14.1. The molecule has 1 aromatic rings. The maximum absolute atomic E-state index is 12.5. The zero-order valence-electron chi connectivity index (χ0n) is 9.94. The van der Waals surface area contributed by atoms with Crippen molar-refractivity contribution in [1.29, 1.82) is 0 Å². The van der Waals surface area contributed by atoms with Gasteiger partial charge in [-0.2, -0.15) is 0 Å². The van der Waals surface area contributed by atoms with Gasteiger partial charge in [-0.25, -0.2) is 8.42 Å². The molecule has 0 aromatic heterocycles. The summed E-state index contributed by atoms with van der Waals surface area (Å²) in [5, 5.41) is 0.184. The monoisotopic (exact) mass is 307 g/mol. The molecule has 0 heterocycles. The Bertz CT molecular complexity index is 559. The molecule has 0 spiro atoms. The van der Waals surface area contributed by atoms with Gasteiger partial charge in [-0.1, -0.05) is 30.1 Å². The Morgan fingerprint density at radius 1 is 1.22 bits per heavy atom. The molecule has 0 radical (unpaired) electrons. The van der Waals surface area contributed by atoms with Gasteiger partial charge in [0.25, 0.3) is 0 Å². The summed E-state index contributed by atoms with van der Waals surface area (Å²) in [5.41, 5.74) is 5.89. The van der Waals surface area contributed by atoms with Gasteiger partial charge in [0.1, 0.15) is 0 Å². The van der Waals surface area contributed by atoms with Crippen molar-refractivity contribution in [3.8, 4) is 0 Å². The van der Waals surface area contributed by atoms with Crippen LogP contribution in [-0.4, -0.2) is 19.7 Å². The summed E-state index contributed by atoms with van der Waals surface area (Å²) in [6, 6.07) is 4.37. The number of sulfone groups is 1. The summed E-state index contributed by atoms with van der Waals surface area (Å²) in [7, 11) is -3.38. The Morgan fingerprint density at radius 3 is 2.39 bits per heavy atom. The lowest BCUT2D eigenvalue weighted by Crippen LogP contribution is -2.32. The van der Waals surface area contributed by atoms with Crippen LogP contribution in [0.3, 0.4) is 0 Å². The van der Waals surface area contributed by atoms with Crippen molar-refractivity contribution >= 4 is 33.0 Å². The number of halogens is 2. The number of rotatable bonds is 2. The molecule has 3 atom stereocenters. The topological polar surface area (TPSA) is 60.2 Å². The van der Waals surface area contributed by atoms with Crippen LogP contribution in [0.5, 0.6) is 0 Å². The second kappa shape index (κ2) is 5.00. The fourth-order valence-electron chi connectivity index (χ4n) is 2.42. The zero-order valence-corrected chi connectivity index (χ0v) is 12.3. The van der Waals surface area contributed by atoms with Gasteiger partial charge in [-0.05, 0) is 37.0 Å². The maximum atomic E-state index is 12.5. The molecular weight excluding hydrogens is 293 g/mol. The Hall–Kier alpha value is -0.290. The summed E-state index contributed by atoms with van der Waals surface area (Å²) in [4.78, 5) is 0.225. The van der Waals surface area contributed by atoms with Crippen molar-refractivity contribution in [3.05, 3.63) is 28.2 Å². The Balaban J connectivity index is 2.39. The van der Waals surface area contributed by atoms with Gasteiger partial charge in [0, 0.05) is 6.04 Å². The second-order valence-corrected chi connectivity index (χ2v) is 7.74.